The van der Waals surface area contributed by atoms with Crippen LogP contribution in [0.1, 0.15) is 5.69 Å². The number of rotatable bonds is 2. The van der Waals surface area contributed by atoms with Gasteiger partial charge in [0.05, 0.1) is 5.38 Å². The summed E-state index contributed by atoms with van der Waals surface area (Å²) in [5.41, 5.74) is 3.40. The Bertz CT molecular complexity index is 207. The monoisotopic (exact) mass is 219 g/mol. The van der Waals surface area contributed by atoms with E-state index >= 15 is 0 Å². The summed E-state index contributed by atoms with van der Waals surface area (Å²) in [5.74, 6) is 0. The largest absolute Gasteiger partial charge is 1.00 e. The van der Waals surface area contributed by atoms with Crippen molar-refractivity contribution in [1.82, 2.24) is 0 Å². The minimum Gasteiger partial charge on any atom is -1.00 e. The van der Waals surface area contributed by atoms with Crippen LogP contribution in [-0.2, 0) is 6.54 Å². The van der Waals surface area contributed by atoms with Gasteiger partial charge in [-0.1, -0.05) is 17.9 Å². The van der Waals surface area contributed by atoms with E-state index in [-0.39, 0.29) is 17.0 Å². The predicted octanol–water partition coefficient (Wildman–Crippen LogP) is -1.47. The second kappa shape index (κ2) is 4.63. The molecule has 0 aliphatic heterocycles. The molecule has 0 unspecified atom stereocenters. The number of aryl methyl sites for hydroxylation is 1. The Morgan fingerprint density at radius 2 is 2.50 bits per heavy atom. The zero-order chi connectivity index (χ0) is 6.69. The first-order chi connectivity index (χ1) is 4.34. The molecule has 0 fully saturated rings. The van der Waals surface area contributed by atoms with Crippen molar-refractivity contribution in [3.05, 3.63) is 29.2 Å². The summed E-state index contributed by atoms with van der Waals surface area (Å²) in [5, 5.41) is 2.13. The second-order valence-corrected chi connectivity index (χ2v) is 2.66. The van der Waals surface area contributed by atoms with Gasteiger partial charge in [-0.05, 0) is 6.08 Å². The van der Waals surface area contributed by atoms with Crippen LogP contribution in [0, 0.1) is 6.92 Å². The van der Waals surface area contributed by atoms with Gasteiger partial charge in [-0.15, -0.1) is 0 Å². The Morgan fingerprint density at radius 3 is 2.90 bits per heavy atom. The van der Waals surface area contributed by atoms with E-state index in [1.165, 1.54) is 5.69 Å². The molecule has 1 aromatic rings. The average Bonchev–Trinajstić information content (AvgIpc) is 2.18. The molecule has 0 atom stereocenters. The van der Waals surface area contributed by atoms with Crippen molar-refractivity contribution < 1.29 is 21.5 Å². The van der Waals surface area contributed by atoms with Gasteiger partial charge in [-0.3, -0.25) is 0 Å². The van der Waals surface area contributed by atoms with E-state index in [1.807, 2.05) is 6.08 Å². The molecule has 1 rings (SSSR count). The first-order valence-electron chi connectivity index (χ1n) is 2.87. The highest BCUT2D eigenvalue weighted by atomic mass is 79.9. The van der Waals surface area contributed by atoms with E-state index in [4.69, 9.17) is 0 Å². The molecule has 0 amide bonds. The Balaban J connectivity index is 0.000000810. The maximum atomic E-state index is 3.66. The van der Waals surface area contributed by atoms with E-state index in [2.05, 4.69) is 29.0 Å². The molecule has 0 radical (unpaired) electrons. The summed E-state index contributed by atoms with van der Waals surface area (Å²) in [6.45, 7) is 6.68. The van der Waals surface area contributed by atoms with E-state index < -0.39 is 0 Å². The van der Waals surface area contributed by atoms with Crippen LogP contribution in [-0.4, -0.2) is 0 Å². The standard InChI is InChI=1S/C7H10NS.BrH/c1-3-4-8-6-9-5-7(8)2;/h3,5-6H,1,4H2,2H3;1H/q+1;/p-1. The second-order valence-electron chi connectivity index (χ2n) is 1.94. The molecule has 1 heterocycles. The third-order valence-corrected chi connectivity index (χ3v) is 2.06. The first kappa shape index (κ1) is 9.85. The normalized spacial score (nSPS) is 8.50. The van der Waals surface area contributed by atoms with Gasteiger partial charge in [0.1, 0.15) is 0 Å². The average molecular weight is 220 g/mol. The van der Waals surface area contributed by atoms with Crippen LogP contribution in [0.4, 0.5) is 0 Å². The lowest BCUT2D eigenvalue weighted by atomic mass is 10.5. The van der Waals surface area contributed by atoms with Crippen molar-refractivity contribution in [2.45, 2.75) is 13.5 Å². The molecule has 0 N–H and O–H groups in total. The van der Waals surface area contributed by atoms with Crippen LogP contribution >= 0.6 is 11.3 Å². The molecule has 0 saturated carbocycles. The zero-order valence-corrected chi connectivity index (χ0v) is 8.28. The van der Waals surface area contributed by atoms with Gasteiger partial charge in [0.25, 0.3) is 0 Å². The number of aromatic nitrogens is 1. The number of nitrogens with zero attached hydrogens (tertiary/aromatic N) is 1. The van der Waals surface area contributed by atoms with Gasteiger partial charge in [-0.2, -0.15) is 4.57 Å². The Hall–Kier alpha value is -0.150. The molecular weight excluding hydrogens is 210 g/mol. The van der Waals surface area contributed by atoms with E-state index in [0.29, 0.717) is 0 Å². The third-order valence-electron chi connectivity index (χ3n) is 1.21. The maximum absolute atomic E-state index is 3.66. The van der Waals surface area contributed by atoms with E-state index in [9.17, 15) is 0 Å². The summed E-state index contributed by atoms with van der Waals surface area (Å²) in [6, 6.07) is 0. The lowest BCUT2D eigenvalue weighted by Gasteiger charge is -1.84. The number of hydrogen-bond acceptors (Lipinski definition) is 1. The molecule has 0 saturated heterocycles. The van der Waals surface area contributed by atoms with Gasteiger partial charge in [0, 0.05) is 6.92 Å². The number of thiazole rings is 1. The fraction of sp³-hybridized carbons (Fsp3) is 0.286. The van der Waals surface area contributed by atoms with E-state index in [0.717, 1.165) is 6.54 Å². The molecule has 0 aliphatic rings. The number of allylic oxidation sites excluding steroid dienone is 1. The van der Waals surface area contributed by atoms with Crippen LogP contribution in [0.3, 0.4) is 0 Å². The van der Waals surface area contributed by atoms with Crippen LogP contribution < -0.4 is 21.5 Å². The van der Waals surface area contributed by atoms with Gasteiger partial charge >= 0.3 is 0 Å². The fourth-order valence-corrected chi connectivity index (χ4v) is 1.47. The van der Waals surface area contributed by atoms with Crippen molar-refractivity contribution >= 4 is 11.3 Å². The van der Waals surface area contributed by atoms with Crippen LogP contribution in [0.2, 0.25) is 0 Å². The smallest absolute Gasteiger partial charge is 0.225 e. The van der Waals surface area contributed by atoms with Crippen molar-refractivity contribution in [3.8, 4) is 0 Å². The maximum Gasteiger partial charge on any atom is 0.225 e. The molecule has 1 nitrogen and oxygen atoms in total. The molecule has 0 aliphatic carbocycles. The molecular formula is C7H10BrNS. The predicted molar refractivity (Wildman–Crippen MR) is 39.4 cm³/mol. The van der Waals surface area contributed by atoms with Crippen molar-refractivity contribution in [3.63, 3.8) is 0 Å². The van der Waals surface area contributed by atoms with Crippen LogP contribution in [0.15, 0.2) is 23.5 Å². The highest BCUT2D eigenvalue weighted by Gasteiger charge is 2.01. The highest BCUT2D eigenvalue weighted by molar-refractivity contribution is 7.07. The Kier molecular flexibility index (Phi) is 4.56. The summed E-state index contributed by atoms with van der Waals surface area (Å²) < 4.78 is 2.16. The quantitative estimate of drug-likeness (QED) is 0.423. The molecule has 3 heteroatoms. The number of hydrogen-bond donors (Lipinski definition) is 0. The topological polar surface area (TPSA) is 3.88 Å². The molecule has 0 spiro atoms. The van der Waals surface area contributed by atoms with Crippen LogP contribution in [0.25, 0.3) is 0 Å². The van der Waals surface area contributed by atoms with Crippen molar-refractivity contribution in [1.29, 1.82) is 0 Å². The molecule has 0 aromatic carbocycles. The first-order valence-corrected chi connectivity index (χ1v) is 3.82. The SMILES string of the molecule is C=CC[n+]1cscc1C.[Br-]. The lowest BCUT2D eigenvalue weighted by molar-refractivity contribution is -0.688. The van der Waals surface area contributed by atoms with E-state index in [1.54, 1.807) is 11.3 Å². The summed E-state index contributed by atoms with van der Waals surface area (Å²) in [6.07, 6.45) is 1.90. The fourth-order valence-electron chi connectivity index (χ4n) is 0.679. The molecule has 10 heavy (non-hydrogen) atoms. The summed E-state index contributed by atoms with van der Waals surface area (Å²) >= 11 is 1.72. The van der Waals surface area contributed by atoms with Crippen LogP contribution in [0.5, 0.6) is 0 Å². The van der Waals surface area contributed by atoms with Crippen molar-refractivity contribution in [2.24, 2.45) is 0 Å². The Labute approximate surface area is 75.8 Å². The minimum atomic E-state index is 0. The Morgan fingerprint density at radius 1 is 1.80 bits per heavy atom. The van der Waals surface area contributed by atoms with Gasteiger partial charge in [0.2, 0.25) is 5.51 Å². The highest BCUT2D eigenvalue weighted by Crippen LogP contribution is 1.95. The molecule has 1 aromatic heterocycles. The van der Waals surface area contributed by atoms with Crippen molar-refractivity contribution in [2.75, 3.05) is 0 Å². The van der Waals surface area contributed by atoms with Gasteiger partial charge < -0.3 is 17.0 Å². The third kappa shape index (κ3) is 2.23. The van der Waals surface area contributed by atoms with Gasteiger partial charge in [0.15, 0.2) is 12.2 Å². The molecule has 56 valence electrons. The molecule has 0 bridgehead atoms. The van der Waals surface area contributed by atoms with Gasteiger partial charge in [-0.25, -0.2) is 0 Å². The number of halogens is 1. The lowest BCUT2D eigenvalue weighted by Crippen LogP contribution is -3.00. The summed E-state index contributed by atoms with van der Waals surface area (Å²) in [7, 11) is 0. The zero-order valence-electron chi connectivity index (χ0n) is 5.88. The minimum absolute atomic E-state index is 0. The summed E-state index contributed by atoms with van der Waals surface area (Å²) in [4.78, 5) is 0.